The Morgan fingerprint density at radius 3 is 3.08 bits per heavy atom. The van der Waals surface area contributed by atoms with Gasteiger partial charge in [-0.3, -0.25) is 0 Å². The minimum Gasteiger partial charge on any atom is -0.312 e. The van der Waals surface area contributed by atoms with Gasteiger partial charge >= 0.3 is 0 Å². The summed E-state index contributed by atoms with van der Waals surface area (Å²) in [5.74, 6) is -0.150. The largest absolute Gasteiger partial charge is 0.312 e. The van der Waals surface area contributed by atoms with Crippen LogP contribution in [0.1, 0.15) is 11.1 Å². The number of rotatable bonds is 0. The van der Waals surface area contributed by atoms with Crippen LogP contribution in [0.5, 0.6) is 0 Å². The number of halogens is 2. The van der Waals surface area contributed by atoms with Gasteiger partial charge < -0.3 is 5.32 Å². The molecule has 0 radical (unpaired) electrons. The maximum Gasteiger partial charge on any atom is 0.124 e. The Morgan fingerprint density at radius 1 is 1.42 bits per heavy atom. The molecule has 3 heteroatoms. The first kappa shape index (κ1) is 8.20. The van der Waals surface area contributed by atoms with Crippen LogP contribution in [0.25, 0.3) is 0 Å². The van der Waals surface area contributed by atoms with E-state index in [1.54, 1.807) is 6.07 Å². The molecule has 0 amide bonds. The zero-order valence-electron chi connectivity index (χ0n) is 6.53. The summed E-state index contributed by atoms with van der Waals surface area (Å²) in [5.41, 5.74) is 2.32. The van der Waals surface area contributed by atoms with Crippen LogP contribution in [0.15, 0.2) is 16.6 Å². The number of hydrogen-bond acceptors (Lipinski definition) is 1. The van der Waals surface area contributed by atoms with Crippen molar-refractivity contribution in [3.63, 3.8) is 0 Å². The molecule has 0 atom stereocenters. The van der Waals surface area contributed by atoms with Gasteiger partial charge in [0.2, 0.25) is 0 Å². The van der Waals surface area contributed by atoms with Gasteiger partial charge in [0.1, 0.15) is 5.82 Å². The molecule has 1 aliphatic rings. The molecule has 0 saturated heterocycles. The lowest BCUT2D eigenvalue weighted by Crippen LogP contribution is -2.24. The summed E-state index contributed by atoms with van der Waals surface area (Å²) < 4.78 is 13.8. The van der Waals surface area contributed by atoms with Crippen molar-refractivity contribution in [1.29, 1.82) is 0 Å². The Hall–Kier alpha value is -0.410. The summed E-state index contributed by atoms with van der Waals surface area (Å²) in [6, 6.07) is 3.15. The van der Waals surface area contributed by atoms with Crippen molar-refractivity contribution in [1.82, 2.24) is 5.32 Å². The zero-order chi connectivity index (χ0) is 8.55. The van der Waals surface area contributed by atoms with Crippen LogP contribution in [-0.2, 0) is 13.0 Å². The van der Waals surface area contributed by atoms with E-state index in [1.807, 2.05) is 0 Å². The smallest absolute Gasteiger partial charge is 0.124 e. The highest BCUT2D eigenvalue weighted by atomic mass is 79.9. The van der Waals surface area contributed by atoms with Gasteiger partial charge in [-0.15, -0.1) is 0 Å². The molecule has 1 aromatic rings. The molecule has 2 rings (SSSR count). The molecule has 1 N–H and O–H groups in total. The molecule has 0 saturated carbocycles. The molecular weight excluding hydrogens is 221 g/mol. The van der Waals surface area contributed by atoms with E-state index >= 15 is 0 Å². The van der Waals surface area contributed by atoms with Crippen molar-refractivity contribution in [2.75, 3.05) is 6.54 Å². The fraction of sp³-hybridized carbons (Fsp3) is 0.333. The summed E-state index contributed by atoms with van der Waals surface area (Å²) in [5, 5.41) is 3.25. The number of nitrogens with one attached hydrogen (secondary N) is 1. The Balaban J connectivity index is 2.53. The average Bonchev–Trinajstić information content (AvgIpc) is 2.04. The lowest BCUT2D eigenvalue weighted by molar-refractivity contribution is 0.603. The van der Waals surface area contributed by atoms with E-state index in [9.17, 15) is 4.39 Å². The molecule has 0 fully saturated rings. The second-order valence-corrected chi connectivity index (χ2v) is 3.81. The lowest BCUT2D eigenvalue weighted by Gasteiger charge is -2.18. The Bertz CT molecular complexity index is 312. The van der Waals surface area contributed by atoms with Crippen molar-refractivity contribution < 1.29 is 4.39 Å². The highest BCUT2D eigenvalue weighted by molar-refractivity contribution is 9.10. The van der Waals surface area contributed by atoms with Crippen molar-refractivity contribution in [2.24, 2.45) is 0 Å². The first-order chi connectivity index (χ1) is 5.77. The van der Waals surface area contributed by atoms with Gasteiger partial charge in [-0.2, -0.15) is 0 Å². The van der Waals surface area contributed by atoms with Crippen LogP contribution >= 0.6 is 15.9 Å². The SMILES string of the molecule is Fc1cc(Br)c2c(c1)CCNC2. The molecule has 1 nitrogen and oxygen atoms in total. The summed E-state index contributed by atoms with van der Waals surface area (Å²) in [6.07, 6.45) is 0.922. The topological polar surface area (TPSA) is 12.0 Å². The van der Waals surface area contributed by atoms with Gasteiger partial charge in [0.15, 0.2) is 0 Å². The normalized spacial score (nSPS) is 15.8. The van der Waals surface area contributed by atoms with E-state index in [4.69, 9.17) is 0 Å². The van der Waals surface area contributed by atoms with Gasteiger partial charge in [0.05, 0.1) is 0 Å². The molecule has 1 heterocycles. The van der Waals surface area contributed by atoms with Crippen molar-refractivity contribution >= 4 is 15.9 Å². The van der Waals surface area contributed by atoms with E-state index in [-0.39, 0.29) is 5.82 Å². The second kappa shape index (κ2) is 3.15. The van der Waals surface area contributed by atoms with Crippen molar-refractivity contribution in [2.45, 2.75) is 13.0 Å². The summed E-state index contributed by atoms with van der Waals surface area (Å²) in [7, 11) is 0. The third-order valence-electron chi connectivity index (χ3n) is 2.13. The molecule has 0 bridgehead atoms. The lowest BCUT2D eigenvalue weighted by atomic mass is 10.0. The predicted octanol–water partition coefficient (Wildman–Crippen LogP) is 2.23. The van der Waals surface area contributed by atoms with Gasteiger partial charge in [-0.05, 0) is 36.2 Å². The van der Waals surface area contributed by atoms with E-state index in [0.717, 1.165) is 29.5 Å². The Kier molecular flexibility index (Phi) is 2.15. The maximum atomic E-state index is 12.9. The molecule has 1 aliphatic heterocycles. The van der Waals surface area contributed by atoms with Crippen LogP contribution < -0.4 is 5.32 Å². The Labute approximate surface area is 79.1 Å². The quantitative estimate of drug-likeness (QED) is 0.720. The monoisotopic (exact) mass is 229 g/mol. The maximum absolute atomic E-state index is 12.9. The van der Waals surface area contributed by atoms with Crippen molar-refractivity contribution in [3.05, 3.63) is 33.5 Å². The Morgan fingerprint density at radius 2 is 2.25 bits per heavy atom. The minimum atomic E-state index is -0.150. The minimum absolute atomic E-state index is 0.150. The number of fused-ring (bicyclic) bond motifs is 1. The van der Waals surface area contributed by atoms with Crippen LogP contribution in [-0.4, -0.2) is 6.54 Å². The van der Waals surface area contributed by atoms with E-state index in [2.05, 4.69) is 21.2 Å². The van der Waals surface area contributed by atoms with E-state index < -0.39 is 0 Å². The number of benzene rings is 1. The van der Waals surface area contributed by atoms with E-state index in [0.29, 0.717) is 0 Å². The molecule has 64 valence electrons. The third-order valence-corrected chi connectivity index (χ3v) is 2.83. The first-order valence-electron chi connectivity index (χ1n) is 3.95. The molecule has 0 spiro atoms. The molecule has 1 aromatic carbocycles. The standard InChI is InChI=1S/C9H9BrFN/c10-9-4-7(11)3-6-1-2-12-5-8(6)9/h3-4,12H,1-2,5H2. The van der Waals surface area contributed by atoms with Gasteiger partial charge in [-0.1, -0.05) is 15.9 Å². The first-order valence-corrected chi connectivity index (χ1v) is 4.74. The fourth-order valence-electron chi connectivity index (χ4n) is 1.51. The predicted molar refractivity (Wildman–Crippen MR) is 49.5 cm³/mol. The molecular formula is C9H9BrFN. The summed E-state index contributed by atoms with van der Waals surface area (Å²) in [6.45, 7) is 1.79. The molecule has 0 unspecified atom stereocenters. The molecule has 12 heavy (non-hydrogen) atoms. The fourth-order valence-corrected chi connectivity index (χ4v) is 2.13. The van der Waals surface area contributed by atoms with Crippen molar-refractivity contribution in [3.8, 4) is 0 Å². The van der Waals surface area contributed by atoms with Crippen LogP contribution in [0, 0.1) is 5.82 Å². The van der Waals surface area contributed by atoms with Crippen LogP contribution in [0.2, 0.25) is 0 Å². The average molecular weight is 230 g/mol. The highest BCUT2D eigenvalue weighted by Crippen LogP contribution is 2.24. The number of hydrogen-bond donors (Lipinski definition) is 1. The van der Waals surface area contributed by atoms with Gasteiger partial charge in [0, 0.05) is 11.0 Å². The molecule has 0 aromatic heterocycles. The second-order valence-electron chi connectivity index (χ2n) is 2.95. The van der Waals surface area contributed by atoms with Gasteiger partial charge in [-0.25, -0.2) is 4.39 Å². The zero-order valence-corrected chi connectivity index (χ0v) is 8.12. The van der Waals surface area contributed by atoms with Crippen LogP contribution in [0.3, 0.4) is 0 Å². The molecule has 0 aliphatic carbocycles. The highest BCUT2D eigenvalue weighted by Gasteiger charge is 2.12. The summed E-state index contributed by atoms with van der Waals surface area (Å²) in [4.78, 5) is 0. The van der Waals surface area contributed by atoms with E-state index in [1.165, 1.54) is 11.6 Å². The van der Waals surface area contributed by atoms with Gasteiger partial charge in [0.25, 0.3) is 0 Å². The van der Waals surface area contributed by atoms with Crippen LogP contribution in [0.4, 0.5) is 4.39 Å². The third kappa shape index (κ3) is 1.39. The summed E-state index contributed by atoms with van der Waals surface area (Å²) >= 11 is 3.35.